The molecule has 116 valence electrons. The maximum atomic E-state index is 5.34. The lowest BCUT2D eigenvalue weighted by Crippen LogP contribution is -2.11. The summed E-state index contributed by atoms with van der Waals surface area (Å²) in [5.41, 5.74) is 2.28. The number of aryl methyl sites for hydroxylation is 4. The molecule has 6 nitrogen and oxygen atoms in total. The smallest absolute Gasteiger partial charge is 0.203 e. The van der Waals surface area contributed by atoms with Gasteiger partial charge in [0.2, 0.25) is 5.95 Å². The Balaban J connectivity index is 1.84. The molecule has 21 heavy (non-hydrogen) atoms. The van der Waals surface area contributed by atoms with E-state index in [9.17, 15) is 0 Å². The predicted molar refractivity (Wildman–Crippen MR) is 83.5 cm³/mol. The largest absolute Gasteiger partial charge is 0.382 e. The second-order valence-corrected chi connectivity index (χ2v) is 5.15. The van der Waals surface area contributed by atoms with E-state index in [1.165, 1.54) is 5.56 Å². The maximum absolute atomic E-state index is 5.34. The van der Waals surface area contributed by atoms with Gasteiger partial charge < -0.3 is 14.6 Å². The average molecular weight is 291 g/mol. The van der Waals surface area contributed by atoms with Crippen molar-refractivity contribution in [3.05, 3.63) is 29.8 Å². The minimum absolute atomic E-state index is 0.777. The quantitative estimate of drug-likeness (QED) is 0.718. The zero-order valence-corrected chi connectivity index (χ0v) is 13.2. The van der Waals surface area contributed by atoms with Crippen LogP contribution >= 0.6 is 0 Å². The van der Waals surface area contributed by atoms with Gasteiger partial charge in [0.05, 0.1) is 11.9 Å². The van der Waals surface area contributed by atoms with Crippen LogP contribution in [0.2, 0.25) is 0 Å². The van der Waals surface area contributed by atoms with E-state index >= 15 is 0 Å². The second-order valence-electron chi connectivity index (χ2n) is 5.15. The molecule has 0 aromatic carbocycles. The van der Waals surface area contributed by atoms with Crippen LogP contribution in [0.15, 0.2) is 18.6 Å². The molecule has 2 rings (SSSR count). The molecule has 0 spiro atoms. The van der Waals surface area contributed by atoms with E-state index in [2.05, 4.69) is 32.4 Å². The van der Waals surface area contributed by atoms with Crippen LogP contribution in [0.3, 0.4) is 0 Å². The lowest BCUT2D eigenvalue weighted by Gasteiger charge is -2.09. The molecule has 0 atom stereocenters. The van der Waals surface area contributed by atoms with Crippen LogP contribution in [0.25, 0.3) is 0 Å². The lowest BCUT2D eigenvalue weighted by atomic mass is 10.2. The molecule has 1 N–H and O–H groups in total. The Morgan fingerprint density at radius 2 is 2.19 bits per heavy atom. The SMILES string of the molecule is CCOCCCNc1nc(C)cn1CCc1cnn(C)c1. The number of anilines is 1. The molecular formula is C15H25N5O. The summed E-state index contributed by atoms with van der Waals surface area (Å²) in [4.78, 5) is 4.54. The first-order chi connectivity index (χ1) is 10.2. The van der Waals surface area contributed by atoms with Crippen LogP contribution in [0, 0.1) is 6.92 Å². The average Bonchev–Trinajstić information content (AvgIpc) is 3.02. The van der Waals surface area contributed by atoms with E-state index in [4.69, 9.17) is 4.74 Å². The molecule has 6 heteroatoms. The highest BCUT2D eigenvalue weighted by Crippen LogP contribution is 2.10. The van der Waals surface area contributed by atoms with E-state index in [0.29, 0.717) is 0 Å². The van der Waals surface area contributed by atoms with Crippen molar-refractivity contribution in [3.8, 4) is 0 Å². The van der Waals surface area contributed by atoms with Crippen molar-refractivity contribution in [2.75, 3.05) is 25.1 Å². The van der Waals surface area contributed by atoms with Gasteiger partial charge in [-0.25, -0.2) is 4.98 Å². The van der Waals surface area contributed by atoms with Gasteiger partial charge in [0.15, 0.2) is 0 Å². The summed E-state index contributed by atoms with van der Waals surface area (Å²) >= 11 is 0. The summed E-state index contributed by atoms with van der Waals surface area (Å²) in [7, 11) is 1.94. The van der Waals surface area contributed by atoms with Gasteiger partial charge in [-0.15, -0.1) is 0 Å². The van der Waals surface area contributed by atoms with Gasteiger partial charge in [0.1, 0.15) is 0 Å². The molecule has 0 saturated heterocycles. The normalized spacial score (nSPS) is 11.0. The summed E-state index contributed by atoms with van der Waals surface area (Å²) in [6, 6.07) is 0. The van der Waals surface area contributed by atoms with Crippen molar-refractivity contribution in [3.63, 3.8) is 0 Å². The molecule has 0 radical (unpaired) electrons. The fraction of sp³-hybridized carbons (Fsp3) is 0.600. The summed E-state index contributed by atoms with van der Waals surface area (Å²) < 4.78 is 9.34. The second kappa shape index (κ2) is 7.83. The first-order valence-corrected chi connectivity index (χ1v) is 7.52. The minimum Gasteiger partial charge on any atom is -0.382 e. The summed E-state index contributed by atoms with van der Waals surface area (Å²) in [6.07, 6.45) is 8.00. The number of rotatable bonds is 9. The van der Waals surface area contributed by atoms with Crippen LogP contribution < -0.4 is 5.32 Å². The Bertz CT molecular complexity index is 546. The van der Waals surface area contributed by atoms with Crippen molar-refractivity contribution in [2.24, 2.45) is 7.05 Å². The van der Waals surface area contributed by atoms with Crippen molar-refractivity contribution in [1.82, 2.24) is 19.3 Å². The minimum atomic E-state index is 0.777. The van der Waals surface area contributed by atoms with Crippen molar-refractivity contribution < 1.29 is 4.74 Å². The highest BCUT2D eigenvalue weighted by molar-refractivity contribution is 5.28. The molecule has 0 unspecified atom stereocenters. The number of hydrogen-bond acceptors (Lipinski definition) is 4. The van der Waals surface area contributed by atoms with Crippen LogP contribution in [-0.2, 0) is 24.8 Å². The molecule has 2 heterocycles. The van der Waals surface area contributed by atoms with Crippen LogP contribution in [0.4, 0.5) is 5.95 Å². The van der Waals surface area contributed by atoms with Crippen LogP contribution in [0.1, 0.15) is 24.6 Å². The monoisotopic (exact) mass is 291 g/mol. The zero-order chi connectivity index (χ0) is 15.1. The Morgan fingerprint density at radius 1 is 1.33 bits per heavy atom. The van der Waals surface area contributed by atoms with Crippen molar-refractivity contribution in [1.29, 1.82) is 0 Å². The summed E-state index contributed by atoms with van der Waals surface area (Å²) in [6.45, 7) is 7.38. The molecule has 0 aliphatic rings. The van der Waals surface area contributed by atoms with E-state index in [1.54, 1.807) is 0 Å². The Hall–Kier alpha value is -1.82. The van der Waals surface area contributed by atoms with Crippen LogP contribution in [-0.4, -0.2) is 39.1 Å². The number of nitrogens with one attached hydrogen (secondary N) is 1. The molecular weight excluding hydrogens is 266 g/mol. The molecule has 0 saturated carbocycles. The van der Waals surface area contributed by atoms with Gasteiger partial charge in [0, 0.05) is 45.7 Å². The number of imidazole rings is 1. The first kappa shape index (κ1) is 15.6. The molecule has 2 aromatic rings. The molecule has 0 amide bonds. The summed E-state index contributed by atoms with van der Waals surface area (Å²) in [5, 5.41) is 7.58. The lowest BCUT2D eigenvalue weighted by molar-refractivity contribution is 0.147. The van der Waals surface area contributed by atoms with E-state index in [-0.39, 0.29) is 0 Å². The molecule has 0 bridgehead atoms. The van der Waals surface area contributed by atoms with E-state index < -0.39 is 0 Å². The van der Waals surface area contributed by atoms with Gasteiger partial charge in [-0.3, -0.25) is 4.68 Å². The fourth-order valence-electron chi connectivity index (χ4n) is 2.23. The highest BCUT2D eigenvalue weighted by Gasteiger charge is 2.06. The third-order valence-corrected chi connectivity index (χ3v) is 3.25. The number of hydrogen-bond donors (Lipinski definition) is 1. The highest BCUT2D eigenvalue weighted by atomic mass is 16.5. The van der Waals surface area contributed by atoms with Crippen molar-refractivity contribution in [2.45, 2.75) is 33.2 Å². The molecule has 0 fully saturated rings. The van der Waals surface area contributed by atoms with E-state index in [1.807, 2.05) is 31.8 Å². The zero-order valence-electron chi connectivity index (χ0n) is 13.2. The van der Waals surface area contributed by atoms with Crippen LogP contribution in [0.5, 0.6) is 0 Å². The summed E-state index contributed by atoms with van der Waals surface area (Å²) in [5.74, 6) is 0.938. The third kappa shape index (κ3) is 4.90. The number of aromatic nitrogens is 4. The van der Waals surface area contributed by atoms with Gasteiger partial charge in [0.25, 0.3) is 0 Å². The Labute approximate surface area is 126 Å². The van der Waals surface area contributed by atoms with Gasteiger partial charge >= 0.3 is 0 Å². The van der Waals surface area contributed by atoms with Crippen molar-refractivity contribution >= 4 is 5.95 Å². The Kier molecular flexibility index (Phi) is 5.80. The number of ether oxygens (including phenoxy) is 1. The first-order valence-electron chi connectivity index (χ1n) is 7.52. The fourth-order valence-corrected chi connectivity index (χ4v) is 2.23. The van der Waals surface area contributed by atoms with Gasteiger partial charge in [-0.1, -0.05) is 0 Å². The number of nitrogens with zero attached hydrogens (tertiary/aromatic N) is 4. The maximum Gasteiger partial charge on any atom is 0.203 e. The topological polar surface area (TPSA) is 56.9 Å². The van der Waals surface area contributed by atoms with Gasteiger partial charge in [-0.05, 0) is 32.3 Å². The third-order valence-electron chi connectivity index (χ3n) is 3.25. The molecule has 0 aliphatic carbocycles. The van der Waals surface area contributed by atoms with E-state index in [0.717, 1.165) is 50.8 Å². The van der Waals surface area contributed by atoms with Gasteiger partial charge in [-0.2, -0.15) is 5.10 Å². The predicted octanol–water partition coefficient (Wildman–Crippen LogP) is 2.01. The molecule has 0 aliphatic heterocycles. The standard InChI is InChI=1S/C15H25N5O/c1-4-21-9-5-7-16-15-18-13(2)11-20(15)8-6-14-10-17-19(3)12-14/h10-12H,4-9H2,1-3H3,(H,16,18). The Morgan fingerprint density at radius 3 is 2.90 bits per heavy atom. The molecule has 2 aromatic heterocycles.